The number of amides is 1. The Balaban J connectivity index is 1.62. The summed E-state index contributed by atoms with van der Waals surface area (Å²) >= 11 is 5.89. The van der Waals surface area contributed by atoms with Crippen molar-refractivity contribution >= 4 is 23.2 Å². The quantitative estimate of drug-likeness (QED) is 0.614. The summed E-state index contributed by atoms with van der Waals surface area (Å²) in [4.78, 5) is 18.4. The fourth-order valence-electron chi connectivity index (χ4n) is 3.85. The molecule has 10 heteroatoms. The number of tetrazole rings is 1. The Morgan fingerprint density at radius 1 is 1.30 bits per heavy atom. The second-order valence-electron chi connectivity index (χ2n) is 7.42. The molecule has 0 aliphatic heterocycles. The van der Waals surface area contributed by atoms with E-state index in [1.807, 2.05) is 0 Å². The van der Waals surface area contributed by atoms with Crippen LogP contribution in [0, 0.1) is 5.92 Å². The van der Waals surface area contributed by atoms with Gasteiger partial charge in [0.15, 0.2) is 0 Å². The van der Waals surface area contributed by atoms with Gasteiger partial charge in [0, 0.05) is 30.3 Å². The van der Waals surface area contributed by atoms with Crippen molar-refractivity contribution < 1.29 is 13.6 Å². The second-order valence-corrected chi connectivity index (χ2v) is 7.80. The molecule has 156 valence electrons. The Morgan fingerprint density at radius 2 is 2.07 bits per heavy atom. The number of alkyl halides is 2. The number of aromatic nitrogens is 5. The Hall–Kier alpha value is -2.94. The third kappa shape index (κ3) is 4.46. The number of carbonyl (C=O) groups excluding carboxylic acids is 1. The van der Waals surface area contributed by atoms with Crippen LogP contribution in [-0.2, 0) is 11.8 Å². The third-order valence-corrected chi connectivity index (χ3v) is 5.43. The first-order valence-corrected chi connectivity index (χ1v) is 9.83. The maximum absolute atomic E-state index is 13.9. The number of nitrogens with one attached hydrogen (secondary N) is 1. The zero-order valence-corrected chi connectivity index (χ0v) is 16.9. The van der Waals surface area contributed by atoms with Crippen LogP contribution in [0.1, 0.15) is 30.7 Å². The molecule has 0 bridgehead atoms. The smallest absolute Gasteiger partial charge is 0.248 e. The van der Waals surface area contributed by atoms with Crippen molar-refractivity contribution in [3.63, 3.8) is 0 Å². The summed E-state index contributed by atoms with van der Waals surface area (Å²) in [7, 11) is 1.66. The first-order valence-electron chi connectivity index (χ1n) is 9.45. The molecule has 1 fully saturated rings. The SMILES string of the molecule is Cn1nnc(-c2ccc([C@@H](C(=O)Nc3ccnc(Cl)c3)[C@H]3CCC(F)(F)C3)cc2)n1. The number of benzene rings is 1. The summed E-state index contributed by atoms with van der Waals surface area (Å²) in [6.07, 6.45) is 1.20. The number of rotatable bonds is 5. The summed E-state index contributed by atoms with van der Waals surface area (Å²) in [5, 5.41) is 14.9. The van der Waals surface area contributed by atoms with Gasteiger partial charge in [0.1, 0.15) is 5.15 Å². The normalized spacial score (nSPS) is 18.9. The topological polar surface area (TPSA) is 85.6 Å². The Kier molecular flexibility index (Phi) is 5.46. The van der Waals surface area contributed by atoms with Crippen LogP contribution in [-0.4, -0.2) is 37.0 Å². The molecule has 2 heterocycles. The third-order valence-electron chi connectivity index (χ3n) is 5.23. The van der Waals surface area contributed by atoms with E-state index in [0.29, 0.717) is 17.1 Å². The molecule has 2 atom stereocenters. The number of anilines is 1. The lowest BCUT2D eigenvalue weighted by Gasteiger charge is -2.23. The summed E-state index contributed by atoms with van der Waals surface area (Å²) in [5.74, 6) is -3.87. The fourth-order valence-corrected chi connectivity index (χ4v) is 4.02. The van der Waals surface area contributed by atoms with Crippen LogP contribution in [0.5, 0.6) is 0 Å². The van der Waals surface area contributed by atoms with Crippen molar-refractivity contribution in [2.75, 3.05) is 5.32 Å². The Labute approximate surface area is 176 Å². The molecular weight excluding hydrogens is 414 g/mol. The minimum Gasteiger partial charge on any atom is -0.325 e. The number of hydrogen-bond donors (Lipinski definition) is 1. The van der Waals surface area contributed by atoms with Crippen LogP contribution >= 0.6 is 11.6 Å². The predicted octanol–water partition coefficient (Wildman–Crippen LogP) is 4.08. The molecule has 1 N–H and O–H groups in total. The highest BCUT2D eigenvalue weighted by Gasteiger charge is 2.45. The van der Waals surface area contributed by atoms with E-state index in [0.717, 1.165) is 5.56 Å². The monoisotopic (exact) mass is 432 g/mol. The number of pyridine rings is 1. The van der Waals surface area contributed by atoms with Crippen LogP contribution in [0.2, 0.25) is 5.15 Å². The average molecular weight is 433 g/mol. The highest BCUT2D eigenvalue weighted by Crippen LogP contribution is 2.46. The highest BCUT2D eigenvalue weighted by molar-refractivity contribution is 6.29. The van der Waals surface area contributed by atoms with Crippen molar-refractivity contribution in [3.05, 3.63) is 53.3 Å². The maximum atomic E-state index is 13.9. The van der Waals surface area contributed by atoms with E-state index in [4.69, 9.17) is 11.6 Å². The van der Waals surface area contributed by atoms with E-state index in [2.05, 4.69) is 25.7 Å². The van der Waals surface area contributed by atoms with E-state index in [9.17, 15) is 13.6 Å². The largest absolute Gasteiger partial charge is 0.325 e. The lowest BCUT2D eigenvalue weighted by molar-refractivity contribution is -0.118. The lowest BCUT2D eigenvalue weighted by Crippen LogP contribution is -2.27. The summed E-state index contributed by atoms with van der Waals surface area (Å²) < 4.78 is 27.8. The van der Waals surface area contributed by atoms with Gasteiger partial charge in [-0.2, -0.15) is 4.80 Å². The summed E-state index contributed by atoms with van der Waals surface area (Å²) in [6.45, 7) is 0. The highest BCUT2D eigenvalue weighted by atomic mass is 35.5. The molecule has 1 saturated carbocycles. The van der Waals surface area contributed by atoms with E-state index in [1.165, 1.54) is 17.1 Å². The van der Waals surface area contributed by atoms with Crippen LogP contribution in [0.25, 0.3) is 11.4 Å². The molecule has 1 aromatic carbocycles. The van der Waals surface area contributed by atoms with Crippen molar-refractivity contribution in [1.29, 1.82) is 0 Å². The maximum Gasteiger partial charge on any atom is 0.248 e. The standard InChI is InChI=1S/C20H19ClF2N6O/c1-29-27-18(26-28-29)13-4-2-12(3-5-13)17(14-6-8-20(22,23)11-14)19(30)25-15-7-9-24-16(21)10-15/h2-5,7,9-10,14,17H,6,8,11H2,1H3,(H,24,25,30)/t14-,17+/m0/s1. The van der Waals surface area contributed by atoms with Crippen molar-refractivity contribution in [2.45, 2.75) is 31.1 Å². The van der Waals surface area contributed by atoms with Crippen LogP contribution in [0.15, 0.2) is 42.6 Å². The molecule has 0 radical (unpaired) electrons. The summed E-state index contributed by atoms with van der Waals surface area (Å²) in [6, 6.07) is 10.2. The fraction of sp³-hybridized carbons (Fsp3) is 0.350. The molecule has 0 spiro atoms. The summed E-state index contributed by atoms with van der Waals surface area (Å²) in [5.41, 5.74) is 1.85. The minimum absolute atomic E-state index is 0.218. The first kappa shape index (κ1) is 20.3. The van der Waals surface area contributed by atoms with Gasteiger partial charge in [0.25, 0.3) is 0 Å². The molecule has 30 heavy (non-hydrogen) atoms. The Morgan fingerprint density at radius 3 is 2.67 bits per heavy atom. The van der Waals surface area contributed by atoms with E-state index in [1.54, 1.807) is 37.4 Å². The molecular formula is C20H19ClF2N6O. The number of carbonyl (C=O) groups is 1. The first-order chi connectivity index (χ1) is 14.3. The molecule has 7 nitrogen and oxygen atoms in total. The van der Waals surface area contributed by atoms with Crippen molar-refractivity contribution in [2.24, 2.45) is 13.0 Å². The molecule has 1 amide bonds. The van der Waals surface area contributed by atoms with Crippen molar-refractivity contribution in [1.82, 2.24) is 25.2 Å². The van der Waals surface area contributed by atoms with Crippen LogP contribution < -0.4 is 5.32 Å². The van der Waals surface area contributed by atoms with Gasteiger partial charge in [-0.3, -0.25) is 4.79 Å². The van der Waals surface area contributed by atoms with Gasteiger partial charge >= 0.3 is 0 Å². The zero-order valence-electron chi connectivity index (χ0n) is 16.1. The van der Waals surface area contributed by atoms with E-state index < -0.39 is 17.8 Å². The average Bonchev–Trinajstić information content (AvgIpc) is 3.28. The van der Waals surface area contributed by atoms with E-state index >= 15 is 0 Å². The Bertz CT molecular complexity index is 1060. The molecule has 2 aromatic heterocycles. The molecule has 0 saturated heterocycles. The van der Waals surface area contributed by atoms with Crippen molar-refractivity contribution in [3.8, 4) is 11.4 Å². The number of aryl methyl sites for hydroxylation is 1. The van der Waals surface area contributed by atoms with Gasteiger partial charge in [-0.1, -0.05) is 35.9 Å². The van der Waals surface area contributed by atoms with Gasteiger partial charge in [-0.25, -0.2) is 13.8 Å². The van der Waals surface area contributed by atoms with Gasteiger partial charge in [-0.05, 0) is 35.2 Å². The van der Waals surface area contributed by atoms with E-state index in [-0.39, 0.29) is 30.3 Å². The van der Waals surface area contributed by atoms with Gasteiger partial charge in [0.05, 0.1) is 13.0 Å². The molecule has 1 aliphatic carbocycles. The molecule has 1 aliphatic rings. The van der Waals surface area contributed by atoms with Crippen LogP contribution in [0.4, 0.5) is 14.5 Å². The van der Waals surface area contributed by atoms with Crippen LogP contribution in [0.3, 0.4) is 0 Å². The lowest BCUT2D eigenvalue weighted by atomic mass is 9.83. The number of halogens is 3. The second kappa shape index (κ2) is 8.06. The van der Waals surface area contributed by atoms with Gasteiger partial charge < -0.3 is 5.32 Å². The molecule has 3 aromatic rings. The molecule has 0 unspecified atom stereocenters. The number of nitrogens with zero attached hydrogens (tertiary/aromatic N) is 5. The number of hydrogen-bond acceptors (Lipinski definition) is 5. The molecule has 4 rings (SSSR count). The van der Waals surface area contributed by atoms with Gasteiger partial charge in [-0.15, -0.1) is 10.2 Å². The zero-order chi connectivity index (χ0) is 21.3. The minimum atomic E-state index is -2.76. The van der Waals surface area contributed by atoms with Gasteiger partial charge in [0.2, 0.25) is 17.7 Å². The predicted molar refractivity (Wildman–Crippen MR) is 107 cm³/mol.